The van der Waals surface area contributed by atoms with Crippen molar-refractivity contribution in [3.63, 3.8) is 0 Å². The van der Waals surface area contributed by atoms with E-state index in [4.69, 9.17) is 9.15 Å². The molecule has 0 saturated heterocycles. The second-order valence-electron chi connectivity index (χ2n) is 3.94. The fraction of sp³-hybridized carbons (Fsp3) is 0.154. The van der Waals surface area contributed by atoms with Crippen LogP contribution in [-0.4, -0.2) is 12.0 Å². The summed E-state index contributed by atoms with van der Waals surface area (Å²) >= 11 is 0. The zero-order chi connectivity index (χ0) is 11.8. The van der Waals surface area contributed by atoms with Crippen LogP contribution in [0.25, 0.3) is 11.3 Å². The number of nitrogens with one attached hydrogen (secondary N) is 1. The molecule has 3 rings (SSSR count). The zero-order valence-electron chi connectivity index (χ0n) is 9.27. The van der Waals surface area contributed by atoms with Crippen LogP contribution in [0.5, 0.6) is 5.75 Å². The maximum atomic E-state index is 11.4. The third-order valence-corrected chi connectivity index (χ3v) is 2.72. The third kappa shape index (κ3) is 1.67. The molecule has 86 valence electrons. The van der Waals surface area contributed by atoms with E-state index in [2.05, 4.69) is 5.32 Å². The van der Waals surface area contributed by atoms with Crippen LogP contribution in [0.1, 0.15) is 6.92 Å². The Morgan fingerprint density at radius 2 is 2.18 bits per heavy atom. The molecule has 0 radical (unpaired) electrons. The van der Waals surface area contributed by atoms with Gasteiger partial charge in [0.2, 0.25) is 0 Å². The highest BCUT2D eigenvalue weighted by Crippen LogP contribution is 2.34. The number of amides is 1. The molecule has 1 aliphatic rings. The van der Waals surface area contributed by atoms with Gasteiger partial charge in [-0.1, -0.05) is 0 Å². The first-order valence-electron chi connectivity index (χ1n) is 5.39. The molecule has 2 aromatic rings. The molecular formula is C13H11NO3. The second kappa shape index (κ2) is 3.66. The average Bonchev–Trinajstić information content (AvgIpc) is 2.83. The Kier molecular flexibility index (Phi) is 2.14. The van der Waals surface area contributed by atoms with Crippen molar-refractivity contribution < 1.29 is 13.9 Å². The standard InChI is InChI=1S/C13H11NO3/c1-8-13(15)14-10-5-4-9(7-12(10)17-8)11-3-2-6-16-11/h2-8H,1H3,(H,14,15). The minimum atomic E-state index is -0.464. The van der Waals surface area contributed by atoms with Crippen molar-refractivity contribution in [1.82, 2.24) is 0 Å². The SMILES string of the molecule is CC1Oc2cc(-c3ccco3)ccc2NC1=O. The Balaban J connectivity index is 2.02. The lowest BCUT2D eigenvalue weighted by molar-refractivity contribution is -0.122. The molecule has 0 spiro atoms. The van der Waals surface area contributed by atoms with Crippen LogP contribution in [0.3, 0.4) is 0 Å². The van der Waals surface area contributed by atoms with Crippen LogP contribution < -0.4 is 10.1 Å². The number of ether oxygens (including phenoxy) is 1. The lowest BCUT2D eigenvalue weighted by atomic mass is 10.1. The summed E-state index contributed by atoms with van der Waals surface area (Å²) in [5.41, 5.74) is 1.63. The second-order valence-corrected chi connectivity index (χ2v) is 3.94. The first-order valence-corrected chi connectivity index (χ1v) is 5.39. The fourth-order valence-corrected chi connectivity index (χ4v) is 1.80. The molecule has 0 aliphatic carbocycles. The van der Waals surface area contributed by atoms with Crippen LogP contribution >= 0.6 is 0 Å². The van der Waals surface area contributed by atoms with Gasteiger partial charge in [0.25, 0.3) is 5.91 Å². The Bertz CT molecular complexity index is 560. The molecule has 4 heteroatoms. The first kappa shape index (κ1) is 9.96. The van der Waals surface area contributed by atoms with Crippen molar-refractivity contribution in [2.75, 3.05) is 5.32 Å². The van der Waals surface area contributed by atoms with E-state index in [1.54, 1.807) is 13.2 Å². The first-order chi connectivity index (χ1) is 8.24. The smallest absolute Gasteiger partial charge is 0.265 e. The van der Waals surface area contributed by atoms with Crippen LogP contribution in [0.2, 0.25) is 0 Å². The van der Waals surface area contributed by atoms with Crippen molar-refractivity contribution in [1.29, 1.82) is 0 Å². The van der Waals surface area contributed by atoms with Crippen molar-refractivity contribution in [2.45, 2.75) is 13.0 Å². The molecule has 17 heavy (non-hydrogen) atoms. The summed E-state index contributed by atoms with van der Waals surface area (Å²) in [4.78, 5) is 11.4. The number of benzene rings is 1. The summed E-state index contributed by atoms with van der Waals surface area (Å²) in [6.45, 7) is 1.72. The van der Waals surface area contributed by atoms with Gasteiger partial charge in [0, 0.05) is 5.56 Å². The van der Waals surface area contributed by atoms with E-state index in [9.17, 15) is 4.79 Å². The molecule has 1 aromatic heterocycles. The third-order valence-electron chi connectivity index (χ3n) is 2.72. The highest BCUT2D eigenvalue weighted by molar-refractivity contribution is 5.97. The lowest BCUT2D eigenvalue weighted by Gasteiger charge is -2.23. The molecule has 4 nitrogen and oxygen atoms in total. The predicted molar refractivity (Wildman–Crippen MR) is 62.9 cm³/mol. The zero-order valence-corrected chi connectivity index (χ0v) is 9.27. The summed E-state index contributed by atoms with van der Waals surface area (Å²) in [7, 11) is 0. The fourth-order valence-electron chi connectivity index (χ4n) is 1.80. The average molecular weight is 229 g/mol. The van der Waals surface area contributed by atoms with Crippen LogP contribution in [0.4, 0.5) is 5.69 Å². The molecule has 1 aliphatic heterocycles. The van der Waals surface area contributed by atoms with Crippen molar-refractivity contribution in [2.24, 2.45) is 0 Å². The molecule has 1 amide bonds. The van der Waals surface area contributed by atoms with E-state index in [1.165, 1.54) is 0 Å². The van der Waals surface area contributed by atoms with Gasteiger partial charge in [0.1, 0.15) is 11.5 Å². The minimum Gasteiger partial charge on any atom is -0.479 e. The van der Waals surface area contributed by atoms with E-state index in [1.807, 2.05) is 30.3 Å². The molecule has 0 bridgehead atoms. The van der Waals surface area contributed by atoms with Gasteiger partial charge >= 0.3 is 0 Å². The number of carbonyl (C=O) groups is 1. The number of anilines is 1. The van der Waals surface area contributed by atoms with Gasteiger partial charge in [-0.3, -0.25) is 4.79 Å². The highest BCUT2D eigenvalue weighted by Gasteiger charge is 2.23. The minimum absolute atomic E-state index is 0.122. The van der Waals surface area contributed by atoms with Crippen LogP contribution in [-0.2, 0) is 4.79 Å². The number of furan rings is 1. The van der Waals surface area contributed by atoms with Gasteiger partial charge in [-0.05, 0) is 37.3 Å². The van der Waals surface area contributed by atoms with Gasteiger partial charge in [-0.2, -0.15) is 0 Å². The molecule has 1 unspecified atom stereocenters. The normalized spacial score (nSPS) is 18.2. The maximum Gasteiger partial charge on any atom is 0.265 e. The number of hydrogen-bond acceptors (Lipinski definition) is 3. The van der Waals surface area contributed by atoms with Gasteiger partial charge in [0.15, 0.2) is 6.10 Å². The summed E-state index contributed by atoms with van der Waals surface area (Å²) in [5.74, 6) is 1.33. The van der Waals surface area contributed by atoms with Crippen molar-refractivity contribution >= 4 is 11.6 Å². The van der Waals surface area contributed by atoms with Gasteiger partial charge in [-0.15, -0.1) is 0 Å². The van der Waals surface area contributed by atoms with E-state index in [0.717, 1.165) is 11.3 Å². The molecule has 1 atom stereocenters. The summed E-state index contributed by atoms with van der Waals surface area (Å²) in [6, 6.07) is 9.28. The predicted octanol–water partition coefficient (Wildman–Crippen LogP) is 2.67. The molecule has 0 fully saturated rings. The van der Waals surface area contributed by atoms with Crippen molar-refractivity contribution in [3.8, 4) is 17.1 Å². The summed E-state index contributed by atoms with van der Waals surface area (Å²) < 4.78 is 10.8. The quantitative estimate of drug-likeness (QED) is 0.817. The van der Waals surface area contributed by atoms with Gasteiger partial charge in [0.05, 0.1) is 12.0 Å². The lowest BCUT2D eigenvalue weighted by Crippen LogP contribution is -2.34. The number of carbonyl (C=O) groups excluding carboxylic acids is 1. The molecule has 2 heterocycles. The highest BCUT2D eigenvalue weighted by atomic mass is 16.5. The Morgan fingerprint density at radius 1 is 1.29 bits per heavy atom. The molecular weight excluding hydrogens is 218 g/mol. The Morgan fingerprint density at radius 3 is 2.94 bits per heavy atom. The monoisotopic (exact) mass is 229 g/mol. The number of rotatable bonds is 1. The molecule has 1 N–H and O–H groups in total. The Hall–Kier alpha value is -2.23. The number of fused-ring (bicyclic) bond motifs is 1. The largest absolute Gasteiger partial charge is 0.479 e. The van der Waals surface area contributed by atoms with Gasteiger partial charge < -0.3 is 14.5 Å². The maximum absolute atomic E-state index is 11.4. The van der Waals surface area contributed by atoms with E-state index in [-0.39, 0.29) is 5.91 Å². The van der Waals surface area contributed by atoms with E-state index >= 15 is 0 Å². The summed E-state index contributed by atoms with van der Waals surface area (Å²) in [5, 5.41) is 2.79. The van der Waals surface area contributed by atoms with Crippen LogP contribution in [0, 0.1) is 0 Å². The number of hydrogen-bond donors (Lipinski definition) is 1. The van der Waals surface area contributed by atoms with E-state index in [0.29, 0.717) is 11.4 Å². The summed E-state index contributed by atoms with van der Waals surface area (Å²) in [6.07, 6.45) is 1.16. The van der Waals surface area contributed by atoms with E-state index < -0.39 is 6.10 Å². The molecule has 0 saturated carbocycles. The van der Waals surface area contributed by atoms with Gasteiger partial charge in [-0.25, -0.2) is 0 Å². The molecule has 1 aromatic carbocycles. The van der Waals surface area contributed by atoms with Crippen LogP contribution in [0.15, 0.2) is 41.0 Å². The topological polar surface area (TPSA) is 51.5 Å². The Labute approximate surface area is 98.2 Å². The van der Waals surface area contributed by atoms with Crippen molar-refractivity contribution in [3.05, 3.63) is 36.6 Å².